The van der Waals surface area contributed by atoms with Crippen molar-refractivity contribution in [2.24, 2.45) is 5.16 Å². The van der Waals surface area contributed by atoms with Crippen LogP contribution in [0.4, 0.5) is 13.2 Å². The van der Waals surface area contributed by atoms with Crippen LogP contribution < -0.4 is 0 Å². The Bertz CT molecular complexity index is 597. The molecule has 98 valence electrons. The molecule has 0 saturated carbocycles. The van der Waals surface area contributed by atoms with Crippen LogP contribution in [0.1, 0.15) is 16.8 Å². The summed E-state index contributed by atoms with van der Waals surface area (Å²) in [5.41, 5.74) is -0.601. The minimum absolute atomic E-state index is 0.0702. The molecule has 1 heterocycles. The molecule has 0 saturated heterocycles. The van der Waals surface area contributed by atoms with E-state index in [1.54, 1.807) is 0 Å². The molecule has 19 heavy (non-hydrogen) atoms. The first-order valence-corrected chi connectivity index (χ1v) is 5.18. The van der Waals surface area contributed by atoms with Crippen molar-refractivity contribution >= 4 is 5.71 Å². The average molecular weight is 267 g/mol. The lowest BCUT2D eigenvalue weighted by atomic mass is 10.0. The van der Waals surface area contributed by atoms with Crippen LogP contribution in [0.25, 0.3) is 0 Å². The molecule has 2 aromatic rings. The first kappa shape index (κ1) is 13.0. The summed E-state index contributed by atoms with van der Waals surface area (Å²) in [4.78, 5) is 7.66. The molecule has 0 amide bonds. The molecular weight excluding hydrogens is 259 g/mol. The Morgan fingerprint density at radius 1 is 1.21 bits per heavy atom. The van der Waals surface area contributed by atoms with Gasteiger partial charge in [0.15, 0.2) is 0 Å². The summed E-state index contributed by atoms with van der Waals surface area (Å²) in [5.74, 6) is 0. The van der Waals surface area contributed by atoms with Crippen LogP contribution in [-0.4, -0.2) is 20.9 Å². The lowest BCUT2D eigenvalue weighted by Crippen LogP contribution is -2.10. The molecule has 1 aromatic heterocycles. The van der Waals surface area contributed by atoms with Gasteiger partial charge in [-0.05, 0) is 12.1 Å². The minimum Gasteiger partial charge on any atom is -0.410 e. The number of halogens is 3. The Kier molecular flexibility index (Phi) is 3.46. The zero-order chi connectivity index (χ0) is 13.9. The zero-order valence-electron chi connectivity index (χ0n) is 9.46. The summed E-state index contributed by atoms with van der Waals surface area (Å²) in [5, 5.41) is 12.0. The summed E-state index contributed by atoms with van der Waals surface area (Å²) in [6, 6.07) is 4.47. The lowest BCUT2D eigenvalue weighted by Gasteiger charge is -2.09. The molecule has 0 atom stereocenters. The maximum atomic E-state index is 12.6. The fourth-order valence-corrected chi connectivity index (χ4v) is 1.52. The zero-order valence-corrected chi connectivity index (χ0v) is 9.46. The van der Waals surface area contributed by atoms with E-state index in [2.05, 4.69) is 15.1 Å². The van der Waals surface area contributed by atoms with E-state index in [1.807, 2.05) is 0 Å². The van der Waals surface area contributed by atoms with Gasteiger partial charge in [-0.15, -0.1) is 0 Å². The monoisotopic (exact) mass is 267 g/mol. The van der Waals surface area contributed by atoms with Gasteiger partial charge in [-0.25, -0.2) is 0 Å². The van der Waals surface area contributed by atoms with Gasteiger partial charge >= 0.3 is 6.18 Å². The molecule has 0 aliphatic carbocycles. The van der Waals surface area contributed by atoms with Crippen LogP contribution in [0.2, 0.25) is 0 Å². The third kappa shape index (κ3) is 2.87. The van der Waals surface area contributed by atoms with Gasteiger partial charge in [-0.1, -0.05) is 17.3 Å². The van der Waals surface area contributed by atoms with Gasteiger partial charge in [-0.3, -0.25) is 9.97 Å². The second kappa shape index (κ2) is 5.05. The molecule has 0 unspecified atom stereocenters. The number of benzene rings is 1. The normalized spacial score (nSPS) is 12.5. The van der Waals surface area contributed by atoms with E-state index in [4.69, 9.17) is 5.21 Å². The SMILES string of the molecule is O/N=C(/c1cccc(C(F)(F)F)c1)c1cnccn1. The van der Waals surface area contributed by atoms with Crippen LogP contribution in [0.5, 0.6) is 0 Å². The van der Waals surface area contributed by atoms with Crippen molar-refractivity contribution in [3.63, 3.8) is 0 Å². The number of hydrogen-bond acceptors (Lipinski definition) is 4. The second-order valence-corrected chi connectivity index (χ2v) is 3.62. The number of hydrogen-bond donors (Lipinski definition) is 1. The van der Waals surface area contributed by atoms with Crippen molar-refractivity contribution in [3.05, 3.63) is 59.7 Å². The molecule has 0 spiro atoms. The van der Waals surface area contributed by atoms with Gasteiger partial charge in [0.1, 0.15) is 11.4 Å². The average Bonchev–Trinajstić information content (AvgIpc) is 2.40. The van der Waals surface area contributed by atoms with E-state index in [9.17, 15) is 13.2 Å². The molecule has 7 heteroatoms. The van der Waals surface area contributed by atoms with E-state index < -0.39 is 11.7 Å². The van der Waals surface area contributed by atoms with Gasteiger partial charge in [-0.2, -0.15) is 13.2 Å². The topological polar surface area (TPSA) is 58.4 Å². The molecule has 0 aliphatic heterocycles. The van der Waals surface area contributed by atoms with Crippen molar-refractivity contribution in [1.29, 1.82) is 0 Å². The maximum Gasteiger partial charge on any atom is 0.416 e. The largest absolute Gasteiger partial charge is 0.416 e. The van der Waals surface area contributed by atoms with Crippen molar-refractivity contribution in [2.75, 3.05) is 0 Å². The van der Waals surface area contributed by atoms with Gasteiger partial charge in [0.05, 0.1) is 11.8 Å². The lowest BCUT2D eigenvalue weighted by molar-refractivity contribution is -0.137. The number of alkyl halides is 3. The number of oxime groups is 1. The van der Waals surface area contributed by atoms with E-state index in [1.165, 1.54) is 30.7 Å². The van der Waals surface area contributed by atoms with Crippen LogP contribution in [0.3, 0.4) is 0 Å². The van der Waals surface area contributed by atoms with E-state index in [-0.39, 0.29) is 17.0 Å². The number of nitrogens with zero attached hydrogens (tertiary/aromatic N) is 3. The third-order valence-electron chi connectivity index (χ3n) is 2.37. The number of aromatic nitrogens is 2. The highest BCUT2D eigenvalue weighted by molar-refractivity contribution is 6.11. The van der Waals surface area contributed by atoms with Crippen LogP contribution in [-0.2, 0) is 6.18 Å². The van der Waals surface area contributed by atoms with Crippen molar-refractivity contribution in [2.45, 2.75) is 6.18 Å². The summed E-state index contributed by atoms with van der Waals surface area (Å²) in [6.07, 6.45) is -0.396. The fraction of sp³-hybridized carbons (Fsp3) is 0.0833. The summed E-state index contributed by atoms with van der Waals surface area (Å²) >= 11 is 0. The minimum atomic E-state index is -4.46. The fourth-order valence-electron chi connectivity index (χ4n) is 1.52. The van der Waals surface area contributed by atoms with Gasteiger partial charge in [0.25, 0.3) is 0 Å². The maximum absolute atomic E-state index is 12.6. The Morgan fingerprint density at radius 3 is 2.58 bits per heavy atom. The quantitative estimate of drug-likeness (QED) is 0.517. The van der Waals surface area contributed by atoms with Gasteiger partial charge in [0.2, 0.25) is 0 Å². The molecule has 1 N–H and O–H groups in total. The van der Waals surface area contributed by atoms with Crippen molar-refractivity contribution in [3.8, 4) is 0 Å². The highest BCUT2D eigenvalue weighted by Gasteiger charge is 2.30. The smallest absolute Gasteiger partial charge is 0.410 e. The first-order chi connectivity index (χ1) is 9.02. The molecule has 0 aliphatic rings. The summed E-state index contributed by atoms with van der Waals surface area (Å²) < 4.78 is 37.8. The summed E-state index contributed by atoms with van der Waals surface area (Å²) in [7, 11) is 0. The Hall–Kier alpha value is -2.44. The molecular formula is C12H8F3N3O. The molecule has 4 nitrogen and oxygen atoms in total. The van der Waals surface area contributed by atoms with Crippen LogP contribution >= 0.6 is 0 Å². The standard InChI is InChI=1S/C12H8F3N3O/c13-12(14,15)9-3-1-2-8(6-9)11(18-19)10-7-16-4-5-17-10/h1-7,19H/b18-11-. The van der Waals surface area contributed by atoms with E-state index in [0.717, 1.165) is 12.1 Å². The van der Waals surface area contributed by atoms with E-state index >= 15 is 0 Å². The Balaban J connectivity index is 2.47. The third-order valence-corrected chi connectivity index (χ3v) is 2.37. The van der Waals surface area contributed by atoms with E-state index in [0.29, 0.717) is 0 Å². The van der Waals surface area contributed by atoms with Crippen molar-refractivity contribution in [1.82, 2.24) is 9.97 Å². The number of rotatable bonds is 2. The first-order valence-electron chi connectivity index (χ1n) is 5.18. The van der Waals surface area contributed by atoms with Gasteiger partial charge < -0.3 is 5.21 Å². The second-order valence-electron chi connectivity index (χ2n) is 3.62. The molecule has 0 radical (unpaired) electrons. The van der Waals surface area contributed by atoms with Crippen LogP contribution in [0.15, 0.2) is 48.0 Å². The Morgan fingerprint density at radius 2 is 2.00 bits per heavy atom. The summed E-state index contributed by atoms with van der Waals surface area (Å²) in [6.45, 7) is 0. The van der Waals surface area contributed by atoms with Crippen molar-refractivity contribution < 1.29 is 18.4 Å². The van der Waals surface area contributed by atoms with Gasteiger partial charge in [0, 0.05) is 18.0 Å². The molecule has 1 aromatic carbocycles. The van der Waals surface area contributed by atoms with Crippen LogP contribution in [0, 0.1) is 0 Å². The Labute approximate surface area is 106 Å². The molecule has 0 bridgehead atoms. The highest BCUT2D eigenvalue weighted by atomic mass is 19.4. The molecule has 2 rings (SSSR count). The predicted octanol–water partition coefficient (Wildman–Crippen LogP) is 2.72. The molecule has 0 fully saturated rings. The highest BCUT2D eigenvalue weighted by Crippen LogP contribution is 2.29. The predicted molar refractivity (Wildman–Crippen MR) is 60.9 cm³/mol.